The Labute approximate surface area is 167 Å². The molecule has 2 N–H and O–H groups in total. The van der Waals surface area contributed by atoms with Crippen LogP contribution in [0.15, 0.2) is 50.6 Å². The molecule has 0 radical (unpaired) electrons. The second-order valence-corrected chi connectivity index (χ2v) is 9.20. The molecule has 0 unspecified atom stereocenters. The molecule has 9 heteroatoms. The van der Waals surface area contributed by atoms with Crippen LogP contribution in [0.5, 0.6) is 0 Å². The van der Waals surface area contributed by atoms with Crippen LogP contribution < -0.4 is 5.14 Å². The van der Waals surface area contributed by atoms with Crippen molar-refractivity contribution in [3.05, 3.63) is 47.1 Å². The van der Waals surface area contributed by atoms with E-state index in [0.717, 1.165) is 12.8 Å². The number of primary sulfonamides is 1. The van der Waals surface area contributed by atoms with Crippen molar-refractivity contribution in [1.29, 1.82) is 0 Å². The van der Waals surface area contributed by atoms with Gasteiger partial charge in [0.05, 0.1) is 9.80 Å². The van der Waals surface area contributed by atoms with Gasteiger partial charge in [-0.3, -0.25) is 9.69 Å². The van der Waals surface area contributed by atoms with Crippen molar-refractivity contribution in [2.45, 2.75) is 24.7 Å². The van der Waals surface area contributed by atoms with E-state index in [2.05, 4.69) is 6.92 Å². The van der Waals surface area contributed by atoms with Crippen molar-refractivity contribution < 1.29 is 17.6 Å². The molecule has 0 spiro atoms. The van der Waals surface area contributed by atoms with Gasteiger partial charge < -0.3 is 4.42 Å². The second-order valence-electron chi connectivity index (χ2n) is 5.96. The lowest BCUT2D eigenvalue weighted by molar-refractivity contribution is -0.122. The van der Waals surface area contributed by atoms with E-state index >= 15 is 0 Å². The number of rotatable bonds is 6. The van der Waals surface area contributed by atoms with Crippen LogP contribution in [0.2, 0.25) is 0 Å². The van der Waals surface area contributed by atoms with Crippen molar-refractivity contribution in [2.75, 3.05) is 6.54 Å². The minimum Gasteiger partial charge on any atom is -0.457 e. The van der Waals surface area contributed by atoms with Gasteiger partial charge in [0.1, 0.15) is 15.8 Å². The number of furan rings is 1. The third-order valence-electron chi connectivity index (χ3n) is 3.98. The summed E-state index contributed by atoms with van der Waals surface area (Å²) in [6.07, 6.45) is 3.56. The fourth-order valence-electron chi connectivity index (χ4n) is 2.53. The van der Waals surface area contributed by atoms with Crippen LogP contribution in [-0.4, -0.2) is 30.1 Å². The van der Waals surface area contributed by atoms with Gasteiger partial charge >= 0.3 is 0 Å². The van der Waals surface area contributed by atoms with E-state index in [-0.39, 0.29) is 10.8 Å². The Kier molecular flexibility index (Phi) is 5.85. The SMILES string of the molecule is CCCCN1C(=O)/C(=C/c2ccc(-c3ccc(S(N)(=O)=O)cc3)o2)SC1=S. The minimum atomic E-state index is -3.73. The summed E-state index contributed by atoms with van der Waals surface area (Å²) in [5.41, 5.74) is 0.706. The highest BCUT2D eigenvalue weighted by Crippen LogP contribution is 2.33. The molecule has 2 aromatic rings. The molecule has 1 fully saturated rings. The maximum Gasteiger partial charge on any atom is 0.266 e. The predicted molar refractivity (Wildman–Crippen MR) is 110 cm³/mol. The average molecular weight is 423 g/mol. The van der Waals surface area contributed by atoms with Crippen LogP contribution in [0.4, 0.5) is 0 Å². The summed E-state index contributed by atoms with van der Waals surface area (Å²) < 4.78 is 29.0. The fraction of sp³-hybridized carbons (Fsp3) is 0.222. The van der Waals surface area contributed by atoms with Crippen molar-refractivity contribution in [2.24, 2.45) is 5.14 Å². The average Bonchev–Trinajstić information content (AvgIpc) is 3.18. The van der Waals surface area contributed by atoms with E-state index in [4.69, 9.17) is 21.8 Å². The predicted octanol–water partition coefficient (Wildman–Crippen LogP) is 3.60. The minimum absolute atomic E-state index is 0.0359. The molecule has 0 bridgehead atoms. The Balaban J connectivity index is 1.79. The normalized spacial score (nSPS) is 16.5. The molecular formula is C18H18N2O4S3. The monoisotopic (exact) mass is 422 g/mol. The Hall–Kier alpha value is -1.94. The molecule has 1 amide bonds. The van der Waals surface area contributed by atoms with Gasteiger partial charge in [-0.1, -0.05) is 37.3 Å². The van der Waals surface area contributed by atoms with E-state index in [1.54, 1.807) is 35.2 Å². The number of thioether (sulfide) groups is 1. The van der Waals surface area contributed by atoms with Crippen molar-refractivity contribution in [1.82, 2.24) is 4.90 Å². The third-order valence-corrected chi connectivity index (χ3v) is 6.28. The highest BCUT2D eigenvalue weighted by atomic mass is 32.2. The molecule has 27 heavy (non-hydrogen) atoms. The summed E-state index contributed by atoms with van der Waals surface area (Å²) in [4.78, 5) is 14.7. The summed E-state index contributed by atoms with van der Waals surface area (Å²) in [5.74, 6) is 0.981. The van der Waals surface area contributed by atoms with E-state index < -0.39 is 10.0 Å². The van der Waals surface area contributed by atoms with E-state index in [9.17, 15) is 13.2 Å². The molecular weight excluding hydrogens is 404 g/mol. The number of carbonyl (C=O) groups excluding carboxylic acids is 1. The molecule has 1 saturated heterocycles. The van der Waals surface area contributed by atoms with Crippen molar-refractivity contribution >= 4 is 50.3 Å². The lowest BCUT2D eigenvalue weighted by Gasteiger charge is -2.12. The maximum atomic E-state index is 12.5. The molecule has 2 heterocycles. The molecule has 1 aromatic heterocycles. The Morgan fingerprint density at radius 2 is 1.93 bits per heavy atom. The molecule has 0 atom stereocenters. The van der Waals surface area contributed by atoms with Gasteiger partial charge in [0.25, 0.3) is 5.91 Å². The summed E-state index contributed by atoms with van der Waals surface area (Å²) in [5, 5.41) is 5.10. The number of hydrogen-bond acceptors (Lipinski definition) is 6. The van der Waals surface area contributed by atoms with Crippen LogP contribution >= 0.6 is 24.0 Å². The Bertz CT molecular complexity index is 1010. The van der Waals surface area contributed by atoms with E-state index in [1.807, 2.05) is 0 Å². The number of hydrogen-bond donors (Lipinski definition) is 1. The number of nitrogens with two attached hydrogens (primary N) is 1. The lowest BCUT2D eigenvalue weighted by atomic mass is 10.2. The Morgan fingerprint density at radius 1 is 1.22 bits per heavy atom. The smallest absolute Gasteiger partial charge is 0.266 e. The first-order valence-electron chi connectivity index (χ1n) is 8.28. The zero-order chi connectivity index (χ0) is 19.6. The van der Waals surface area contributed by atoms with E-state index in [1.165, 1.54) is 23.9 Å². The molecule has 1 aromatic carbocycles. The van der Waals surface area contributed by atoms with Crippen LogP contribution in [-0.2, 0) is 14.8 Å². The number of sulfonamides is 1. The fourth-order valence-corrected chi connectivity index (χ4v) is 4.34. The summed E-state index contributed by atoms with van der Waals surface area (Å²) in [7, 11) is -3.73. The zero-order valence-corrected chi connectivity index (χ0v) is 17.0. The van der Waals surface area contributed by atoms with Gasteiger partial charge in [0, 0.05) is 18.2 Å². The summed E-state index contributed by atoms with van der Waals surface area (Å²) in [6, 6.07) is 9.59. The first kappa shape index (κ1) is 19.8. The first-order valence-corrected chi connectivity index (χ1v) is 11.0. The number of amides is 1. The largest absolute Gasteiger partial charge is 0.457 e. The number of unbranched alkanes of at least 4 members (excludes halogenated alkanes) is 1. The number of thiocarbonyl (C=S) groups is 1. The van der Waals surface area contributed by atoms with Crippen molar-refractivity contribution in [3.8, 4) is 11.3 Å². The molecule has 1 aliphatic rings. The Morgan fingerprint density at radius 3 is 2.56 bits per heavy atom. The molecule has 1 aliphatic heterocycles. The maximum absolute atomic E-state index is 12.5. The van der Waals surface area contributed by atoms with Crippen LogP contribution in [0.1, 0.15) is 25.5 Å². The molecule has 0 saturated carbocycles. The number of benzene rings is 1. The van der Waals surface area contributed by atoms with Gasteiger partial charge in [-0.2, -0.15) is 0 Å². The highest BCUT2D eigenvalue weighted by molar-refractivity contribution is 8.26. The topological polar surface area (TPSA) is 93.6 Å². The van der Waals surface area contributed by atoms with E-state index in [0.29, 0.717) is 32.9 Å². The standard InChI is InChI=1S/C18H18N2O4S3/c1-2-3-10-20-17(21)16(26-18(20)25)11-13-6-9-15(24-13)12-4-7-14(8-5-12)27(19,22)23/h4-9,11H,2-3,10H2,1H3,(H2,19,22,23)/b16-11-. The second kappa shape index (κ2) is 7.97. The van der Waals surface area contributed by atoms with Crippen LogP contribution in [0.25, 0.3) is 17.4 Å². The van der Waals surface area contributed by atoms with Gasteiger partial charge in [0.15, 0.2) is 0 Å². The highest BCUT2D eigenvalue weighted by Gasteiger charge is 2.31. The van der Waals surface area contributed by atoms with Crippen LogP contribution in [0, 0.1) is 0 Å². The summed E-state index contributed by atoms with van der Waals surface area (Å²) >= 11 is 6.55. The van der Waals surface area contributed by atoms with Gasteiger partial charge in [-0.05, 0) is 42.8 Å². The number of carbonyl (C=O) groups is 1. The van der Waals surface area contributed by atoms with Crippen LogP contribution in [0.3, 0.4) is 0 Å². The summed E-state index contributed by atoms with van der Waals surface area (Å²) in [6.45, 7) is 2.69. The van der Waals surface area contributed by atoms with Gasteiger partial charge in [-0.15, -0.1) is 0 Å². The molecule has 0 aliphatic carbocycles. The molecule has 6 nitrogen and oxygen atoms in total. The quantitative estimate of drug-likeness (QED) is 0.565. The zero-order valence-electron chi connectivity index (χ0n) is 14.5. The third kappa shape index (κ3) is 4.49. The molecule has 3 rings (SSSR count). The van der Waals surface area contributed by atoms with Gasteiger partial charge in [-0.25, -0.2) is 13.6 Å². The lowest BCUT2D eigenvalue weighted by Crippen LogP contribution is -2.28. The first-order chi connectivity index (χ1) is 12.8. The number of nitrogens with zero attached hydrogens (tertiary/aromatic N) is 1. The molecule has 142 valence electrons. The van der Waals surface area contributed by atoms with Gasteiger partial charge in [0.2, 0.25) is 10.0 Å². The van der Waals surface area contributed by atoms with Crippen molar-refractivity contribution in [3.63, 3.8) is 0 Å².